The Morgan fingerprint density at radius 3 is 2.85 bits per heavy atom. The quantitative estimate of drug-likeness (QED) is 0.738. The van der Waals surface area contributed by atoms with E-state index in [0.717, 1.165) is 16.5 Å². The zero-order valence-corrected chi connectivity index (χ0v) is 11.5. The fourth-order valence-corrected chi connectivity index (χ4v) is 2.24. The number of hydrogen-bond donors (Lipinski definition) is 1. The van der Waals surface area contributed by atoms with E-state index in [0.29, 0.717) is 23.1 Å². The third-order valence-corrected chi connectivity index (χ3v) is 3.39. The highest BCUT2D eigenvalue weighted by molar-refractivity contribution is 6.32. The van der Waals surface area contributed by atoms with Crippen LogP contribution in [-0.2, 0) is 6.61 Å². The number of fused-ring (bicyclic) bond motifs is 1. The van der Waals surface area contributed by atoms with Gasteiger partial charge in [-0.05, 0) is 24.3 Å². The van der Waals surface area contributed by atoms with Crippen LogP contribution in [0.5, 0.6) is 5.75 Å². The van der Waals surface area contributed by atoms with E-state index in [2.05, 4.69) is 4.98 Å². The Bertz CT molecular complexity index is 753. The van der Waals surface area contributed by atoms with Gasteiger partial charge in [-0.25, -0.2) is 0 Å². The molecule has 0 amide bonds. The molecule has 2 aromatic carbocycles. The molecule has 20 heavy (non-hydrogen) atoms. The minimum Gasteiger partial charge on any atom is -0.487 e. The van der Waals surface area contributed by atoms with Crippen molar-refractivity contribution >= 4 is 28.2 Å². The molecule has 0 aliphatic heterocycles. The maximum atomic E-state index is 6.09. The lowest BCUT2D eigenvalue weighted by molar-refractivity contribution is 0.308. The molecular weight excluding hydrogens is 272 g/mol. The number of aromatic nitrogens is 1. The number of rotatable bonds is 3. The van der Waals surface area contributed by atoms with E-state index in [1.807, 2.05) is 30.3 Å². The van der Waals surface area contributed by atoms with Crippen LogP contribution >= 0.6 is 11.6 Å². The Hall–Kier alpha value is -2.26. The molecule has 3 nitrogen and oxygen atoms in total. The van der Waals surface area contributed by atoms with Gasteiger partial charge in [-0.15, -0.1) is 0 Å². The van der Waals surface area contributed by atoms with Crippen molar-refractivity contribution in [1.29, 1.82) is 0 Å². The molecule has 0 aliphatic rings. The number of halogens is 1. The summed E-state index contributed by atoms with van der Waals surface area (Å²) in [5.74, 6) is 0.590. The largest absolute Gasteiger partial charge is 0.487 e. The Morgan fingerprint density at radius 1 is 1.10 bits per heavy atom. The molecule has 3 rings (SSSR count). The molecule has 100 valence electrons. The molecule has 1 aromatic heterocycles. The maximum Gasteiger partial charge on any atom is 0.140 e. The monoisotopic (exact) mass is 284 g/mol. The number of benzene rings is 2. The van der Waals surface area contributed by atoms with E-state index < -0.39 is 0 Å². The molecule has 0 spiro atoms. The number of nitrogens with two attached hydrogens (primary N) is 1. The van der Waals surface area contributed by atoms with E-state index in [4.69, 9.17) is 22.1 Å². The number of hydrogen-bond acceptors (Lipinski definition) is 3. The van der Waals surface area contributed by atoms with Crippen LogP contribution in [0.1, 0.15) is 5.56 Å². The average Bonchev–Trinajstić information content (AvgIpc) is 2.48. The number of anilines is 1. The Morgan fingerprint density at radius 2 is 1.95 bits per heavy atom. The van der Waals surface area contributed by atoms with Gasteiger partial charge in [-0.3, -0.25) is 4.98 Å². The maximum absolute atomic E-state index is 6.09. The van der Waals surface area contributed by atoms with Gasteiger partial charge in [0.25, 0.3) is 0 Å². The van der Waals surface area contributed by atoms with Gasteiger partial charge in [-0.1, -0.05) is 29.8 Å². The molecule has 0 saturated carbocycles. The van der Waals surface area contributed by atoms with Crippen LogP contribution in [0.15, 0.2) is 54.7 Å². The van der Waals surface area contributed by atoms with Crippen molar-refractivity contribution in [2.75, 3.05) is 5.73 Å². The summed E-state index contributed by atoms with van der Waals surface area (Å²) in [7, 11) is 0. The zero-order chi connectivity index (χ0) is 13.9. The third kappa shape index (κ3) is 2.53. The predicted molar refractivity (Wildman–Crippen MR) is 81.9 cm³/mol. The van der Waals surface area contributed by atoms with E-state index in [1.165, 1.54) is 0 Å². The van der Waals surface area contributed by atoms with Gasteiger partial charge in [0.1, 0.15) is 12.4 Å². The van der Waals surface area contributed by atoms with Crippen LogP contribution in [-0.4, -0.2) is 4.98 Å². The lowest BCUT2D eigenvalue weighted by atomic mass is 10.1. The lowest BCUT2D eigenvalue weighted by Gasteiger charge is -2.10. The minimum atomic E-state index is 0.423. The molecule has 2 N–H and O–H groups in total. The van der Waals surface area contributed by atoms with E-state index in [-0.39, 0.29) is 0 Å². The molecule has 1 heterocycles. The molecular formula is C16H13ClN2O. The number of nitrogens with zero attached hydrogens (tertiary/aromatic N) is 1. The summed E-state index contributed by atoms with van der Waals surface area (Å²) in [4.78, 5) is 4.33. The minimum absolute atomic E-state index is 0.423. The van der Waals surface area contributed by atoms with Crippen molar-refractivity contribution in [2.45, 2.75) is 6.61 Å². The highest BCUT2D eigenvalue weighted by atomic mass is 35.5. The van der Waals surface area contributed by atoms with Gasteiger partial charge < -0.3 is 10.5 Å². The van der Waals surface area contributed by atoms with Crippen molar-refractivity contribution in [3.63, 3.8) is 0 Å². The summed E-state index contributed by atoms with van der Waals surface area (Å²) in [5, 5.41) is 1.63. The fraction of sp³-hybridized carbons (Fsp3) is 0.0625. The molecule has 0 aliphatic carbocycles. The molecule has 0 saturated heterocycles. The van der Waals surface area contributed by atoms with Gasteiger partial charge in [0.2, 0.25) is 0 Å². The third-order valence-electron chi connectivity index (χ3n) is 3.08. The molecule has 4 heteroatoms. The van der Waals surface area contributed by atoms with Crippen molar-refractivity contribution in [1.82, 2.24) is 4.98 Å². The first-order valence-electron chi connectivity index (χ1n) is 6.24. The second-order valence-electron chi connectivity index (χ2n) is 4.47. The van der Waals surface area contributed by atoms with Gasteiger partial charge >= 0.3 is 0 Å². The summed E-state index contributed by atoms with van der Waals surface area (Å²) in [6.07, 6.45) is 1.78. The summed E-state index contributed by atoms with van der Waals surface area (Å²) in [6.45, 7) is 0.423. The van der Waals surface area contributed by atoms with Crippen LogP contribution in [0.4, 0.5) is 5.69 Å². The Balaban J connectivity index is 1.89. The first-order chi connectivity index (χ1) is 9.74. The molecule has 0 radical (unpaired) electrons. The smallest absolute Gasteiger partial charge is 0.140 e. The molecule has 0 unspecified atom stereocenters. The summed E-state index contributed by atoms with van der Waals surface area (Å²) < 4.78 is 5.77. The summed E-state index contributed by atoms with van der Waals surface area (Å²) >= 11 is 6.09. The van der Waals surface area contributed by atoms with Crippen molar-refractivity contribution in [2.24, 2.45) is 0 Å². The molecule has 0 bridgehead atoms. The second kappa shape index (κ2) is 5.39. The van der Waals surface area contributed by atoms with Crippen LogP contribution in [0.25, 0.3) is 10.9 Å². The topological polar surface area (TPSA) is 48.1 Å². The Kier molecular flexibility index (Phi) is 3.44. The van der Waals surface area contributed by atoms with Crippen LogP contribution in [0.3, 0.4) is 0 Å². The highest BCUT2D eigenvalue weighted by Gasteiger charge is 2.05. The van der Waals surface area contributed by atoms with E-state index in [9.17, 15) is 0 Å². The van der Waals surface area contributed by atoms with Gasteiger partial charge in [0.05, 0.1) is 10.5 Å². The van der Waals surface area contributed by atoms with Gasteiger partial charge in [0.15, 0.2) is 0 Å². The first-order valence-corrected chi connectivity index (χ1v) is 6.62. The number of pyridine rings is 1. The number of nitrogen functional groups attached to an aromatic ring is 1. The normalized spacial score (nSPS) is 10.7. The van der Waals surface area contributed by atoms with Gasteiger partial charge in [-0.2, -0.15) is 0 Å². The number of para-hydroxylation sites is 1. The predicted octanol–water partition coefficient (Wildman–Crippen LogP) is 4.05. The lowest BCUT2D eigenvalue weighted by Crippen LogP contribution is -1.98. The van der Waals surface area contributed by atoms with Crippen LogP contribution in [0.2, 0.25) is 5.02 Å². The zero-order valence-electron chi connectivity index (χ0n) is 10.7. The molecule has 3 aromatic rings. The molecule has 0 fully saturated rings. The summed E-state index contributed by atoms with van der Waals surface area (Å²) in [5.41, 5.74) is 8.38. The highest BCUT2D eigenvalue weighted by Crippen LogP contribution is 2.28. The first kappa shape index (κ1) is 12.8. The standard InChI is InChI=1S/C16H13ClN2O/c17-14-6-5-12(18)9-16(14)20-10-11-7-8-19-15-4-2-1-3-13(11)15/h1-9H,10,18H2. The van der Waals surface area contributed by atoms with E-state index >= 15 is 0 Å². The van der Waals surface area contributed by atoms with Crippen molar-refractivity contribution in [3.8, 4) is 5.75 Å². The van der Waals surface area contributed by atoms with Crippen LogP contribution < -0.4 is 10.5 Å². The van der Waals surface area contributed by atoms with Gasteiger partial charge in [0, 0.05) is 28.9 Å². The van der Waals surface area contributed by atoms with Crippen LogP contribution in [0, 0.1) is 0 Å². The Labute approximate surface area is 122 Å². The van der Waals surface area contributed by atoms with Crippen molar-refractivity contribution < 1.29 is 4.74 Å². The molecule has 0 atom stereocenters. The number of ether oxygens (including phenoxy) is 1. The SMILES string of the molecule is Nc1ccc(Cl)c(OCc2ccnc3ccccc23)c1. The average molecular weight is 285 g/mol. The summed E-state index contributed by atoms with van der Waals surface area (Å²) in [6, 6.07) is 15.1. The van der Waals surface area contributed by atoms with Crippen molar-refractivity contribution in [3.05, 3.63) is 65.3 Å². The second-order valence-corrected chi connectivity index (χ2v) is 4.87. The fourth-order valence-electron chi connectivity index (χ4n) is 2.07. The van der Waals surface area contributed by atoms with E-state index in [1.54, 1.807) is 24.4 Å².